The number of rotatable bonds is 5. The minimum atomic E-state index is -0.864. The quantitative estimate of drug-likeness (QED) is 0.628. The van der Waals surface area contributed by atoms with Crippen LogP contribution in [0.4, 0.5) is 0 Å². The molecule has 4 aliphatic carbocycles. The molecule has 4 fully saturated rings. The highest BCUT2D eigenvalue weighted by atomic mass is 16.5. The minimum Gasteiger partial charge on any atom is -0.388 e. The molecule has 0 radical (unpaired) electrons. The number of nitrogens with zero attached hydrogens (tertiary/aromatic N) is 3. The molecule has 35 heavy (non-hydrogen) atoms. The van der Waals surface area contributed by atoms with Crippen LogP contribution in [0.15, 0.2) is 12.4 Å². The fourth-order valence-electron chi connectivity index (χ4n) is 10.0. The molecule has 5 rings (SSSR count). The summed E-state index contributed by atoms with van der Waals surface area (Å²) in [5.74, 6) is 4.39. The van der Waals surface area contributed by atoms with E-state index in [1.54, 1.807) is 24.2 Å². The van der Waals surface area contributed by atoms with E-state index in [0.29, 0.717) is 36.5 Å². The van der Waals surface area contributed by atoms with Crippen molar-refractivity contribution in [3.8, 4) is 6.07 Å². The topological polar surface area (TPSA) is 91.3 Å². The minimum absolute atomic E-state index is 0.117. The second-order valence-electron chi connectivity index (χ2n) is 13.3. The number of hydrogen-bond donors (Lipinski definition) is 2. The summed E-state index contributed by atoms with van der Waals surface area (Å²) in [4.78, 5) is 0. The molecule has 0 spiro atoms. The van der Waals surface area contributed by atoms with Gasteiger partial charge in [0.2, 0.25) is 0 Å². The Kier molecular flexibility index (Phi) is 6.60. The van der Waals surface area contributed by atoms with E-state index < -0.39 is 11.2 Å². The molecule has 6 heteroatoms. The highest BCUT2D eigenvalue weighted by Gasteiger charge is 2.60. The summed E-state index contributed by atoms with van der Waals surface area (Å²) in [6.07, 6.45) is 13.4. The summed E-state index contributed by atoms with van der Waals surface area (Å²) in [6.45, 7) is 7.85. The lowest BCUT2D eigenvalue weighted by Crippen LogP contribution is -2.60. The Bertz CT molecular complexity index is 953. The zero-order chi connectivity index (χ0) is 25.0. The second-order valence-corrected chi connectivity index (χ2v) is 13.3. The summed E-state index contributed by atoms with van der Waals surface area (Å²) in [6, 6.07) is 2.15. The second kappa shape index (κ2) is 9.15. The Morgan fingerprint density at radius 3 is 2.66 bits per heavy atom. The van der Waals surface area contributed by atoms with Crippen molar-refractivity contribution in [3.63, 3.8) is 0 Å². The Morgan fingerprint density at radius 2 is 1.94 bits per heavy atom. The summed E-state index contributed by atoms with van der Waals surface area (Å²) in [5.41, 5.74) is -0.834. The molecule has 6 nitrogen and oxygen atoms in total. The maximum atomic E-state index is 11.9. The van der Waals surface area contributed by atoms with Crippen LogP contribution >= 0.6 is 0 Å². The van der Waals surface area contributed by atoms with Crippen LogP contribution in [0.1, 0.15) is 84.1 Å². The maximum Gasteiger partial charge on any atom is 0.102 e. The van der Waals surface area contributed by atoms with Crippen LogP contribution in [0.25, 0.3) is 0 Å². The van der Waals surface area contributed by atoms with Gasteiger partial charge in [-0.1, -0.05) is 20.3 Å². The Labute approximate surface area is 211 Å². The van der Waals surface area contributed by atoms with Gasteiger partial charge >= 0.3 is 0 Å². The van der Waals surface area contributed by atoms with Gasteiger partial charge < -0.3 is 14.9 Å². The van der Waals surface area contributed by atoms with Gasteiger partial charge in [0.15, 0.2) is 0 Å². The van der Waals surface area contributed by atoms with Crippen LogP contribution in [-0.4, -0.2) is 44.9 Å². The van der Waals surface area contributed by atoms with E-state index in [1.807, 2.05) is 6.92 Å². The first kappa shape index (κ1) is 25.2. The van der Waals surface area contributed by atoms with Gasteiger partial charge in [-0.05, 0) is 105 Å². The smallest absolute Gasteiger partial charge is 0.102 e. The van der Waals surface area contributed by atoms with Crippen LogP contribution in [0.3, 0.4) is 0 Å². The number of methoxy groups -OCH3 is 1. The molecule has 0 amide bonds. The van der Waals surface area contributed by atoms with Crippen molar-refractivity contribution in [2.24, 2.45) is 46.8 Å². The van der Waals surface area contributed by atoms with E-state index in [4.69, 9.17) is 4.74 Å². The van der Waals surface area contributed by atoms with Crippen molar-refractivity contribution in [2.75, 3.05) is 13.7 Å². The normalized spacial score (nSPS) is 44.9. The highest BCUT2D eigenvalue weighted by molar-refractivity contribution is 5.21. The average molecular weight is 484 g/mol. The number of aliphatic hydroxyl groups is 2. The van der Waals surface area contributed by atoms with Crippen LogP contribution in [-0.2, 0) is 11.3 Å². The van der Waals surface area contributed by atoms with Gasteiger partial charge in [0, 0.05) is 13.3 Å². The number of aromatic nitrogens is 2. The Hall–Kier alpha value is -1.42. The standard InChI is InChI=1S/C29H45N3O3/c1-19-5-8-25(28(3,33)17-32-16-20(14-30)15-31-32)27(2)11-9-23-22-10-12-29(34,18-35-4)13-21(22)6-7-24(23)26(19)27/h15-16,19,21-26,33-34H,5-13,17-18H2,1-4H3/t19-,21-,22+,23-,24-,25+,26+,27-,28-,29-/m1/s1. The van der Waals surface area contributed by atoms with E-state index >= 15 is 0 Å². The fraction of sp³-hybridized carbons (Fsp3) is 0.862. The van der Waals surface area contributed by atoms with Crippen molar-refractivity contribution in [3.05, 3.63) is 18.0 Å². The van der Waals surface area contributed by atoms with Crippen molar-refractivity contribution in [1.82, 2.24) is 9.78 Å². The molecule has 194 valence electrons. The van der Waals surface area contributed by atoms with Crippen LogP contribution in [0.5, 0.6) is 0 Å². The van der Waals surface area contributed by atoms with E-state index in [1.165, 1.54) is 32.1 Å². The maximum absolute atomic E-state index is 11.9. The first-order valence-corrected chi connectivity index (χ1v) is 14.0. The van der Waals surface area contributed by atoms with Gasteiger partial charge in [-0.25, -0.2) is 0 Å². The molecular weight excluding hydrogens is 438 g/mol. The van der Waals surface area contributed by atoms with Crippen LogP contribution < -0.4 is 0 Å². The molecule has 0 aliphatic heterocycles. The van der Waals surface area contributed by atoms with E-state index in [0.717, 1.165) is 43.4 Å². The number of fused-ring (bicyclic) bond motifs is 5. The molecule has 0 bridgehead atoms. The van der Waals surface area contributed by atoms with Crippen molar-refractivity contribution >= 4 is 0 Å². The zero-order valence-electron chi connectivity index (χ0n) is 22.1. The molecule has 0 unspecified atom stereocenters. The monoisotopic (exact) mass is 483 g/mol. The first-order valence-electron chi connectivity index (χ1n) is 14.0. The van der Waals surface area contributed by atoms with Crippen molar-refractivity contribution < 1.29 is 14.9 Å². The lowest BCUT2D eigenvalue weighted by molar-refractivity contribution is -0.187. The van der Waals surface area contributed by atoms with Crippen LogP contribution in [0.2, 0.25) is 0 Å². The number of ether oxygens (including phenoxy) is 1. The van der Waals surface area contributed by atoms with Gasteiger partial charge in [0.1, 0.15) is 6.07 Å². The molecule has 2 N–H and O–H groups in total. The van der Waals surface area contributed by atoms with Gasteiger partial charge in [0.05, 0.1) is 36.1 Å². The average Bonchev–Trinajstić information content (AvgIpc) is 3.24. The van der Waals surface area contributed by atoms with Crippen LogP contribution in [0, 0.1) is 58.2 Å². The molecule has 1 heterocycles. The first-order chi connectivity index (χ1) is 16.6. The summed E-state index contributed by atoms with van der Waals surface area (Å²) >= 11 is 0. The van der Waals surface area contributed by atoms with Gasteiger partial charge in [-0.15, -0.1) is 0 Å². The van der Waals surface area contributed by atoms with Gasteiger partial charge in [-0.3, -0.25) is 4.68 Å². The van der Waals surface area contributed by atoms with Gasteiger partial charge in [-0.2, -0.15) is 10.4 Å². The lowest BCUT2D eigenvalue weighted by atomic mass is 9.41. The number of hydrogen-bond acceptors (Lipinski definition) is 5. The molecule has 4 aliphatic rings. The van der Waals surface area contributed by atoms with E-state index in [-0.39, 0.29) is 11.3 Å². The third kappa shape index (κ3) is 4.36. The van der Waals surface area contributed by atoms with Crippen molar-refractivity contribution in [2.45, 2.75) is 96.3 Å². The predicted octanol–water partition coefficient (Wildman–Crippen LogP) is 4.79. The van der Waals surface area contributed by atoms with E-state index in [2.05, 4.69) is 25.0 Å². The fourth-order valence-corrected chi connectivity index (χ4v) is 10.0. The third-order valence-corrected chi connectivity index (χ3v) is 11.1. The predicted molar refractivity (Wildman–Crippen MR) is 134 cm³/mol. The summed E-state index contributed by atoms with van der Waals surface area (Å²) < 4.78 is 7.13. The third-order valence-electron chi connectivity index (χ3n) is 11.1. The zero-order valence-corrected chi connectivity index (χ0v) is 22.1. The molecule has 10 atom stereocenters. The lowest BCUT2D eigenvalue weighted by Gasteiger charge is -2.64. The SMILES string of the molecule is COC[C@@]1(O)CC[C@H]2[C@H](CC[C@@H]3[C@@H]2CC[C@@]2(C)[C@H]3[C@H](C)CC[C@@H]2[C@](C)(O)Cn2cc(C#N)cn2)C1. The molecule has 1 aromatic rings. The summed E-state index contributed by atoms with van der Waals surface area (Å²) in [5, 5.41) is 36.5. The van der Waals surface area contributed by atoms with Crippen molar-refractivity contribution in [1.29, 1.82) is 5.26 Å². The Morgan fingerprint density at radius 1 is 1.17 bits per heavy atom. The number of nitriles is 1. The molecule has 0 saturated heterocycles. The largest absolute Gasteiger partial charge is 0.388 e. The van der Waals surface area contributed by atoms with Gasteiger partial charge in [0.25, 0.3) is 0 Å². The highest BCUT2D eigenvalue weighted by Crippen LogP contribution is 2.66. The molecule has 4 saturated carbocycles. The molecule has 1 aromatic heterocycles. The Balaban J connectivity index is 1.36. The molecular formula is C29H45N3O3. The van der Waals surface area contributed by atoms with E-state index in [9.17, 15) is 15.5 Å². The summed E-state index contributed by atoms with van der Waals surface area (Å²) in [7, 11) is 1.70. The molecule has 0 aromatic carbocycles.